The molecule has 0 unspecified atom stereocenters. The van der Waals surface area contributed by atoms with E-state index in [2.05, 4.69) is 14.3 Å². The zero-order valence-corrected chi connectivity index (χ0v) is 17.5. The van der Waals surface area contributed by atoms with Crippen molar-refractivity contribution in [2.45, 2.75) is 19.0 Å². The first kappa shape index (κ1) is 21.3. The number of aromatic nitrogens is 2. The Bertz CT molecular complexity index is 1020. The molecule has 1 aliphatic heterocycles. The molecule has 0 saturated carbocycles. The smallest absolute Gasteiger partial charge is 0.345 e. The van der Waals surface area contributed by atoms with Crippen LogP contribution >= 0.6 is 11.5 Å². The van der Waals surface area contributed by atoms with Gasteiger partial charge in [0.15, 0.2) is 0 Å². The van der Waals surface area contributed by atoms with Crippen molar-refractivity contribution in [2.24, 2.45) is 0 Å². The minimum atomic E-state index is -4.41. The summed E-state index contributed by atoms with van der Waals surface area (Å²) in [5, 5.41) is 0.828. The third-order valence-corrected chi connectivity index (χ3v) is 5.99. The van der Waals surface area contributed by atoms with E-state index in [1.807, 2.05) is 30.3 Å². The van der Waals surface area contributed by atoms with E-state index in [0.717, 1.165) is 41.6 Å². The first-order valence-corrected chi connectivity index (χ1v) is 10.8. The molecule has 162 valence electrons. The number of benzene rings is 2. The van der Waals surface area contributed by atoms with Gasteiger partial charge in [0, 0.05) is 49.7 Å². The summed E-state index contributed by atoms with van der Waals surface area (Å²) < 4.78 is 42.7. The molecule has 2 heterocycles. The zero-order valence-electron chi connectivity index (χ0n) is 16.7. The lowest BCUT2D eigenvalue weighted by atomic mass is 10.1. The molecule has 2 aromatic carbocycles. The lowest BCUT2D eigenvalue weighted by molar-refractivity contribution is -0.137. The maximum Gasteiger partial charge on any atom is 0.416 e. The first-order chi connectivity index (χ1) is 14.9. The van der Waals surface area contributed by atoms with Crippen molar-refractivity contribution in [1.29, 1.82) is 0 Å². The maximum atomic E-state index is 12.8. The van der Waals surface area contributed by atoms with Gasteiger partial charge in [0.25, 0.3) is 5.91 Å². The van der Waals surface area contributed by atoms with Gasteiger partial charge in [0.2, 0.25) is 5.13 Å². The Morgan fingerprint density at radius 3 is 2.42 bits per heavy atom. The number of amides is 1. The van der Waals surface area contributed by atoms with E-state index < -0.39 is 11.7 Å². The lowest BCUT2D eigenvalue weighted by Gasteiger charge is -2.21. The van der Waals surface area contributed by atoms with E-state index in [1.54, 1.807) is 4.90 Å². The first-order valence-electron chi connectivity index (χ1n) is 9.98. The minimum absolute atomic E-state index is 0.252. The summed E-state index contributed by atoms with van der Waals surface area (Å²) in [6.07, 6.45) is -2.99. The van der Waals surface area contributed by atoms with Crippen LogP contribution in [0.2, 0.25) is 0 Å². The number of alkyl halides is 3. The summed E-state index contributed by atoms with van der Waals surface area (Å²) in [5.41, 5.74) is 0.659. The zero-order chi connectivity index (χ0) is 21.8. The van der Waals surface area contributed by atoms with Gasteiger partial charge in [-0.25, -0.2) is 4.98 Å². The molecule has 1 aliphatic rings. The fraction of sp³-hybridized carbons (Fsp3) is 0.318. The summed E-state index contributed by atoms with van der Waals surface area (Å²) in [7, 11) is 0. The van der Waals surface area contributed by atoms with Gasteiger partial charge >= 0.3 is 6.18 Å². The SMILES string of the molecule is O=C(c1ccc(C(F)(F)F)cc1)N1CCCN(c2nc(Cc3ccccc3)ns2)CC1. The average Bonchev–Trinajstić information content (AvgIpc) is 3.08. The van der Waals surface area contributed by atoms with E-state index in [1.165, 1.54) is 23.7 Å². The fourth-order valence-corrected chi connectivity index (χ4v) is 4.26. The Kier molecular flexibility index (Phi) is 6.22. The molecule has 1 amide bonds. The van der Waals surface area contributed by atoms with E-state index in [0.29, 0.717) is 26.1 Å². The van der Waals surface area contributed by atoms with Gasteiger partial charge in [-0.2, -0.15) is 17.5 Å². The van der Waals surface area contributed by atoms with Crippen LogP contribution in [0.4, 0.5) is 18.3 Å². The van der Waals surface area contributed by atoms with Crippen LogP contribution in [-0.2, 0) is 12.6 Å². The van der Waals surface area contributed by atoms with Gasteiger partial charge in [-0.15, -0.1) is 0 Å². The highest BCUT2D eigenvalue weighted by atomic mass is 32.1. The molecule has 1 aromatic heterocycles. The molecule has 3 aromatic rings. The summed E-state index contributed by atoms with van der Waals surface area (Å²) in [6, 6.07) is 14.4. The molecule has 1 saturated heterocycles. The van der Waals surface area contributed by atoms with E-state index in [-0.39, 0.29) is 11.5 Å². The van der Waals surface area contributed by atoms with Crippen molar-refractivity contribution in [3.63, 3.8) is 0 Å². The van der Waals surface area contributed by atoms with Crippen molar-refractivity contribution in [3.05, 3.63) is 77.1 Å². The topological polar surface area (TPSA) is 49.3 Å². The summed E-state index contributed by atoms with van der Waals surface area (Å²) >= 11 is 1.35. The molecular weight excluding hydrogens is 425 g/mol. The molecule has 0 spiro atoms. The molecule has 0 radical (unpaired) electrons. The van der Waals surface area contributed by atoms with Crippen LogP contribution in [0.25, 0.3) is 0 Å². The summed E-state index contributed by atoms with van der Waals surface area (Å²) in [6.45, 7) is 2.38. The number of hydrogen-bond acceptors (Lipinski definition) is 5. The predicted molar refractivity (Wildman–Crippen MR) is 113 cm³/mol. The molecule has 9 heteroatoms. The second-order valence-corrected chi connectivity index (χ2v) is 8.09. The quantitative estimate of drug-likeness (QED) is 0.592. The average molecular weight is 446 g/mol. The fourth-order valence-electron chi connectivity index (χ4n) is 3.52. The summed E-state index contributed by atoms with van der Waals surface area (Å²) in [5.74, 6) is 0.519. The van der Waals surface area contributed by atoms with Crippen molar-refractivity contribution < 1.29 is 18.0 Å². The Balaban J connectivity index is 1.38. The number of rotatable bonds is 4. The van der Waals surface area contributed by atoms with Crippen LogP contribution in [0, 0.1) is 0 Å². The van der Waals surface area contributed by atoms with Crippen molar-refractivity contribution in [3.8, 4) is 0 Å². The number of carbonyl (C=O) groups is 1. The van der Waals surface area contributed by atoms with Gasteiger partial charge < -0.3 is 9.80 Å². The molecule has 5 nitrogen and oxygen atoms in total. The second-order valence-electron chi connectivity index (χ2n) is 7.36. The number of hydrogen-bond donors (Lipinski definition) is 0. The van der Waals surface area contributed by atoms with Gasteiger partial charge in [-0.3, -0.25) is 4.79 Å². The normalized spacial score (nSPS) is 15.1. The number of anilines is 1. The Hall–Kier alpha value is -2.94. The van der Waals surface area contributed by atoms with Gasteiger partial charge in [0.1, 0.15) is 5.82 Å². The minimum Gasteiger partial charge on any atom is -0.345 e. The van der Waals surface area contributed by atoms with Crippen LogP contribution < -0.4 is 4.90 Å². The van der Waals surface area contributed by atoms with Crippen molar-refractivity contribution in [1.82, 2.24) is 14.3 Å². The van der Waals surface area contributed by atoms with Gasteiger partial charge in [0.05, 0.1) is 5.56 Å². The molecule has 0 aliphatic carbocycles. The van der Waals surface area contributed by atoms with Crippen LogP contribution in [0.5, 0.6) is 0 Å². The molecule has 31 heavy (non-hydrogen) atoms. The van der Waals surface area contributed by atoms with Gasteiger partial charge in [-0.1, -0.05) is 30.3 Å². The van der Waals surface area contributed by atoms with Crippen molar-refractivity contribution >= 4 is 22.6 Å². The highest BCUT2D eigenvalue weighted by Crippen LogP contribution is 2.29. The summed E-state index contributed by atoms with van der Waals surface area (Å²) in [4.78, 5) is 21.2. The van der Waals surface area contributed by atoms with Crippen molar-refractivity contribution in [2.75, 3.05) is 31.1 Å². The van der Waals surface area contributed by atoms with Crippen LogP contribution in [0.15, 0.2) is 54.6 Å². The predicted octanol–water partition coefficient (Wildman–Crippen LogP) is 4.50. The highest BCUT2D eigenvalue weighted by Gasteiger charge is 2.30. The Morgan fingerprint density at radius 2 is 1.71 bits per heavy atom. The van der Waals surface area contributed by atoms with E-state index in [4.69, 9.17) is 0 Å². The monoisotopic (exact) mass is 446 g/mol. The largest absolute Gasteiger partial charge is 0.416 e. The third kappa shape index (κ3) is 5.22. The second kappa shape index (κ2) is 9.05. The molecule has 0 atom stereocenters. The number of halogens is 3. The highest BCUT2D eigenvalue weighted by molar-refractivity contribution is 7.09. The molecule has 0 N–H and O–H groups in total. The van der Waals surface area contributed by atoms with Crippen LogP contribution in [0.1, 0.15) is 33.7 Å². The molecule has 1 fully saturated rings. The lowest BCUT2D eigenvalue weighted by Crippen LogP contribution is -2.35. The Morgan fingerprint density at radius 1 is 0.968 bits per heavy atom. The standard InChI is InChI=1S/C22H21F3N4OS/c23-22(24,25)18-9-7-17(8-10-18)20(30)28-11-4-12-29(14-13-28)21-26-19(27-31-21)15-16-5-2-1-3-6-16/h1-3,5-10H,4,11-15H2. The van der Waals surface area contributed by atoms with Crippen LogP contribution in [0.3, 0.4) is 0 Å². The maximum absolute atomic E-state index is 12.8. The van der Waals surface area contributed by atoms with E-state index in [9.17, 15) is 18.0 Å². The third-order valence-electron chi connectivity index (χ3n) is 5.18. The number of carbonyl (C=O) groups excluding carboxylic acids is 1. The Labute approximate surface area is 182 Å². The van der Waals surface area contributed by atoms with E-state index >= 15 is 0 Å². The van der Waals surface area contributed by atoms with Gasteiger partial charge in [-0.05, 0) is 36.2 Å². The molecule has 0 bridgehead atoms. The number of nitrogens with zero attached hydrogens (tertiary/aromatic N) is 4. The molecular formula is C22H21F3N4OS. The van der Waals surface area contributed by atoms with Crippen LogP contribution in [-0.4, -0.2) is 46.3 Å². The molecule has 4 rings (SSSR count).